The molecular weight excluding hydrogens is 494 g/mol. The second-order valence-corrected chi connectivity index (χ2v) is 8.20. The Labute approximate surface area is 202 Å². The lowest BCUT2D eigenvalue weighted by Crippen LogP contribution is -2.46. The molecule has 2 fully saturated rings. The van der Waals surface area contributed by atoms with Crippen LogP contribution in [-0.2, 0) is 25.6 Å². The van der Waals surface area contributed by atoms with Crippen molar-refractivity contribution in [2.75, 3.05) is 39.3 Å². The molecule has 0 spiro atoms. The average molecular weight is 517 g/mol. The number of amides is 3. The van der Waals surface area contributed by atoms with Gasteiger partial charge in [0.05, 0.1) is 44.4 Å². The lowest BCUT2D eigenvalue weighted by molar-refractivity contribution is -0.181. The smallest absolute Gasteiger partial charge is 0.414 e. The Kier molecular flexibility index (Phi) is 7.88. The maximum Gasteiger partial charge on any atom is 0.414 e. The fourth-order valence-electron chi connectivity index (χ4n) is 4.07. The van der Waals surface area contributed by atoms with Gasteiger partial charge in [-0.1, -0.05) is 5.16 Å². The fraction of sp³-hybridized carbons (Fsp3) is 0.524. The SMILES string of the molecule is O=C(NCC1CN(C2=CC(F)C(N3CCON(C(=O)Cc4ccon4)CC3)C(F)=C2)C(=O)O1)C(F)F. The summed E-state index contributed by atoms with van der Waals surface area (Å²) in [5, 5.41) is 6.73. The van der Waals surface area contributed by atoms with Crippen LogP contribution in [0.15, 0.2) is 40.5 Å². The van der Waals surface area contributed by atoms with Gasteiger partial charge in [-0.15, -0.1) is 0 Å². The van der Waals surface area contributed by atoms with E-state index in [1.165, 1.54) is 11.2 Å². The first kappa shape index (κ1) is 25.6. The molecule has 2 aliphatic heterocycles. The number of ether oxygens (including phenoxy) is 1. The second-order valence-electron chi connectivity index (χ2n) is 8.20. The van der Waals surface area contributed by atoms with Gasteiger partial charge in [-0.2, -0.15) is 8.78 Å². The lowest BCUT2D eigenvalue weighted by Gasteiger charge is -2.33. The van der Waals surface area contributed by atoms with Gasteiger partial charge in [-0.05, 0) is 12.2 Å². The number of nitrogens with one attached hydrogen (secondary N) is 1. The van der Waals surface area contributed by atoms with E-state index in [9.17, 15) is 23.2 Å². The summed E-state index contributed by atoms with van der Waals surface area (Å²) >= 11 is 0. The van der Waals surface area contributed by atoms with Gasteiger partial charge in [0.1, 0.15) is 24.4 Å². The van der Waals surface area contributed by atoms with Crippen LogP contribution in [0.3, 0.4) is 0 Å². The normalized spacial score (nSPS) is 25.4. The Hall–Kier alpha value is -3.46. The van der Waals surface area contributed by atoms with E-state index in [2.05, 4.69) is 5.16 Å². The number of cyclic esters (lactones) is 1. The van der Waals surface area contributed by atoms with Gasteiger partial charge in [-0.3, -0.25) is 24.2 Å². The molecule has 36 heavy (non-hydrogen) atoms. The van der Waals surface area contributed by atoms with Crippen LogP contribution in [0.25, 0.3) is 0 Å². The van der Waals surface area contributed by atoms with E-state index < -0.39 is 42.6 Å². The van der Waals surface area contributed by atoms with Crippen molar-refractivity contribution in [3.63, 3.8) is 0 Å². The number of rotatable bonds is 7. The summed E-state index contributed by atoms with van der Waals surface area (Å²) in [4.78, 5) is 43.5. The Balaban J connectivity index is 1.34. The van der Waals surface area contributed by atoms with Gasteiger partial charge in [0.2, 0.25) is 0 Å². The van der Waals surface area contributed by atoms with Crippen LogP contribution in [0, 0.1) is 0 Å². The van der Waals surface area contributed by atoms with Crippen LogP contribution in [0.4, 0.5) is 22.4 Å². The molecule has 4 rings (SSSR count). The van der Waals surface area contributed by atoms with Crippen LogP contribution in [0.1, 0.15) is 5.69 Å². The van der Waals surface area contributed by atoms with Crippen molar-refractivity contribution >= 4 is 17.9 Å². The van der Waals surface area contributed by atoms with E-state index >= 15 is 8.78 Å². The molecule has 0 bridgehead atoms. The van der Waals surface area contributed by atoms with Crippen molar-refractivity contribution in [3.8, 4) is 0 Å². The molecule has 3 atom stereocenters. The molecule has 11 nitrogen and oxygen atoms in total. The van der Waals surface area contributed by atoms with E-state index in [1.54, 1.807) is 6.07 Å². The number of hydrogen-bond acceptors (Lipinski definition) is 8. The number of halogens is 4. The molecule has 1 aliphatic carbocycles. The van der Waals surface area contributed by atoms with E-state index in [4.69, 9.17) is 14.1 Å². The van der Waals surface area contributed by atoms with Gasteiger partial charge in [0, 0.05) is 24.9 Å². The zero-order chi connectivity index (χ0) is 25.8. The van der Waals surface area contributed by atoms with Gasteiger partial charge >= 0.3 is 12.5 Å². The zero-order valence-electron chi connectivity index (χ0n) is 18.8. The van der Waals surface area contributed by atoms with Crippen molar-refractivity contribution in [1.82, 2.24) is 25.3 Å². The van der Waals surface area contributed by atoms with E-state index in [-0.39, 0.29) is 57.4 Å². The third kappa shape index (κ3) is 5.84. The number of allylic oxidation sites excluding steroid dienone is 1. The number of carbonyl (C=O) groups is 3. The van der Waals surface area contributed by atoms with Crippen LogP contribution < -0.4 is 5.32 Å². The largest absolute Gasteiger partial charge is 0.442 e. The van der Waals surface area contributed by atoms with Crippen molar-refractivity contribution in [2.45, 2.75) is 31.2 Å². The number of aromatic nitrogens is 1. The Morgan fingerprint density at radius 2 is 2.06 bits per heavy atom. The summed E-state index contributed by atoms with van der Waals surface area (Å²) < 4.78 is 64.5. The van der Waals surface area contributed by atoms with Gasteiger partial charge in [0.25, 0.3) is 11.8 Å². The van der Waals surface area contributed by atoms with Crippen molar-refractivity contribution in [2.24, 2.45) is 0 Å². The summed E-state index contributed by atoms with van der Waals surface area (Å²) in [6.45, 7) is -0.212. The minimum absolute atomic E-state index is 0.0160. The van der Waals surface area contributed by atoms with Crippen LogP contribution in [0.2, 0.25) is 0 Å². The summed E-state index contributed by atoms with van der Waals surface area (Å²) in [5.41, 5.74) is 0.339. The Morgan fingerprint density at radius 1 is 1.25 bits per heavy atom. The van der Waals surface area contributed by atoms with Crippen LogP contribution in [0.5, 0.6) is 0 Å². The molecular formula is C21H23F4N5O6. The summed E-state index contributed by atoms with van der Waals surface area (Å²) in [6, 6.07) is 0.252. The molecule has 15 heteroatoms. The number of carbonyl (C=O) groups excluding carboxylic acids is 3. The minimum atomic E-state index is -3.22. The molecule has 0 radical (unpaired) electrons. The number of alkyl halides is 3. The molecule has 0 aromatic carbocycles. The van der Waals surface area contributed by atoms with Gasteiger partial charge in [-0.25, -0.2) is 18.6 Å². The molecule has 3 heterocycles. The summed E-state index contributed by atoms with van der Waals surface area (Å²) in [7, 11) is 0. The monoisotopic (exact) mass is 517 g/mol. The van der Waals surface area contributed by atoms with Gasteiger partial charge in [0.15, 0.2) is 0 Å². The third-order valence-corrected chi connectivity index (χ3v) is 5.80. The summed E-state index contributed by atoms with van der Waals surface area (Å²) in [6.07, 6.45) is -3.59. The fourth-order valence-corrected chi connectivity index (χ4v) is 4.07. The number of nitrogens with zero attached hydrogens (tertiary/aromatic N) is 4. The van der Waals surface area contributed by atoms with Crippen molar-refractivity contribution in [1.29, 1.82) is 0 Å². The molecule has 0 saturated carbocycles. The molecule has 3 amide bonds. The van der Waals surface area contributed by atoms with E-state index in [1.807, 2.05) is 5.32 Å². The van der Waals surface area contributed by atoms with E-state index in [0.29, 0.717) is 5.69 Å². The van der Waals surface area contributed by atoms with Crippen molar-refractivity contribution in [3.05, 3.63) is 41.7 Å². The quantitative estimate of drug-likeness (QED) is 0.532. The molecule has 1 N–H and O–H groups in total. The minimum Gasteiger partial charge on any atom is -0.442 e. The lowest BCUT2D eigenvalue weighted by atomic mass is 10.0. The second kappa shape index (κ2) is 11.1. The van der Waals surface area contributed by atoms with Gasteiger partial charge < -0.3 is 14.6 Å². The topological polar surface area (TPSA) is 117 Å². The van der Waals surface area contributed by atoms with Crippen molar-refractivity contribution < 1.29 is 46.0 Å². The first-order chi connectivity index (χ1) is 17.2. The Bertz CT molecular complexity index is 1040. The van der Waals surface area contributed by atoms with E-state index in [0.717, 1.165) is 22.1 Å². The highest BCUT2D eigenvalue weighted by Crippen LogP contribution is 2.30. The molecule has 2 saturated heterocycles. The zero-order valence-corrected chi connectivity index (χ0v) is 18.8. The number of hydrogen-bond donors (Lipinski definition) is 1. The van der Waals surface area contributed by atoms with Crippen LogP contribution >= 0.6 is 0 Å². The maximum atomic E-state index is 15.1. The predicted octanol–water partition coefficient (Wildman–Crippen LogP) is 0.953. The molecule has 196 valence electrons. The Morgan fingerprint density at radius 3 is 2.75 bits per heavy atom. The summed E-state index contributed by atoms with van der Waals surface area (Å²) in [5.74, 6) is -2.74. The average Bonchev–Trinajstić information content (AvgIpc) is 3.40. The maximum absolute atomic E-state index is 15.1. The first-order valence-corrected chi connectivity index (χ1v) is 11.1. The highest BCUT2D eigenvalue weighted by Gasteiger charge is 2.40. The molecule has 3 unspecified atom stereocenters. The third-order valence-electron chi connectivity index (χ3n) is 5.80. The predicted molar refractivity (Wildman–Crippen MR) is 111 cm³/mol. The first-order valence-electron chi connectivity index (χ1n) is 11.1. The molecule has 1 aromatic rings. The standard InChI is InChI=1S/C21H23F4N5O6/c22-15-8-13(29-11-14(36-21(29)33)10-26-20(32)19(24)25)9-16(23)18(15)28-2-3-30(35-6-4-28)17(31)7-12-1-5-34-27-12/h1,5,8-9,14-15,18-19H,2-4,6-7,10-11H2,(H,26,32). The molecule has 1 aromatic heterocycles. The van der Waals surface area contributed by atoms with Crippen LogP contribution in [-0.4, -0.2) is 102 Å². The highest BCUT2D eigenvalue weighted by molar-refractivity contribution is 5.79. The molecule has 3 aliphatic rings. The highest BCUT2D eigenvalue weighted by atomic mass is 19.3. The number of hydroxylamine groups is 2.